The minimum absolute atomic E-state index is 0.0320. The van der Waals surface area contributed by atoms with Gasteiger partial charge in [0.05, 0.1) is 6.04 Å². The topological polar surface area (TPSA) is 40.6 Å². The molecule has 1 heterocycles. The van der Waals surface area contributed by atoms with Gasteiger partial charge in [0, 0.05) is 31.1 Å². The molecule has 1 spiro atoms. The molecule has 1 aliphatic carbocycles. The van der Waals surface area contributed by atoms with Gasteiger partial charge in [0.15, 0.2) is 0 Å². The van der Waals surface area contributed by atoms with Crippen molar-refractivity contribution in [2.45, 2.75) is 64.0 Å². The van der Waals surface area contributed by atoms with E-state index < -0.39 is 0 Å². The first-order valence-corrected chi connectivity index (χ1v) is 9.31. The maximum atomic E-state index is 13.1. The molecule has 4 nitrogen and oxygen atoms in total. The van der Waals surface area contributed by atoms with Crippen LogP contribution >= 0.6 is 0 Å². The van der Waals surface area contributed by atoms with Crippen LogP contribution in [0.5, 0.6) is 0 Å². The van der Waals surface area contributed by atoms with E-state index in [-0.39, 0.29) is 29.2 Å². The Morgan fingerprint density at radius 2 is 1.84 bits per heavy atom. The zero-order valence-corrected chi connectivity index (χ0v) is 15.1. The number of benzene rings is 1. The van der Waals surface area contributed by atoms with Crippen LogP contribution in [0.2, 0.25) is 0 Å². The van der Waals surface area contributed by atoms with Crippen LogP contribution in [0.3, 0.4) is 0 Å². The van der Waals surface area contributed by atoms with E-state index in [4.69, 9.17) is 0 Å². The number of hydrogen-bond acceptors (Lipinski definition) is 2. The summed E-state index contributed by atoms with van der Waals surface area (Å²) >= 11 is 0. The van der Waals surface area contributed by atoms with Gasteiger partial charge in [0.1, 0.15) is 5.82 Å². The van der Waals surface area contributed by atoms with Gasteiger partial charge in [-0.1, -0.05) is 19.3 Å². The third-order valence-electron chi connectivity index (χ3n) is 5.88. The lowest BCUT2D eigenvalue weighted by molar-refractivity contribution is -0.134. The molecule has 3 rings (SSSR count). The first-order chi connectivity index (χ1) is 12.0. The number of carbonyl (C=O) groups is 2. The fourth-order valence-corrected chi connectivity index (χ4v) is 4.70. The van der Waals surface area contributed by atoms with Gasteiger partial charge in [-0.25, -0.2) is 4.39 Å². The number of likely N-dealkylation sites (tertiary alicyclic amines) is 1. The molecule has 1 aromatic rings. The maximum absolute atomic E-state index is 13.1. The molecule has 2 fully saturated rings. The van der Waals surface area contributed by atoms with Crippen LogP contribution in [0.15, 0.2) is 24.3 Å². The van der Waals surface area contributed by atoms with Gasteiger partial charge < -0.3 is 9.80 Å². The molecule has 1 atom stereocenters. The van der Waals surface area contributed by atoms with Crippen molar-refractivity contribution in [2.24, 2.45) is 0 Å². The van der Waals surface area contributed by atoms with Crippen molar-refractivity contribution in [2.75, 3.05) is 13.1 Å². The van der Waals surface area contributed by atoms with Crippen molar-refractivity contribution >= 4 is 11.8 Å². The zero-order valence-electron chi connectivity index (χ0n) is 15.1. The molecule has 0 radical (unpaired) electrons. The summed E-state index contributed by atoms with van der Waals surface area (Å²) in [5.74, 6) is -0.317. The van der Waals surface area contributed by atoms with E-state index in [1.165, 1.54) is 30.7 Å². The van der Waals surface area contributed by atoms with E-state index in [9.17, 15) is 14.0 Å². The molecular weight excluding hydrogens is 319 g/mol. The van der Waals surface area contributed by atoms with Gasteiger partial charge in [0.25, 0.3) is 5.91 Å². The van der Waals surface area contributed by atoms with Gasteiger partial charge >= 0.3 is 0 Å². The minimum atomic E-state index is -0.343. The van der Waals surface area contributed by atoms with E-state index in [2.05, 4.69) is 0 Å². The number of likely N-dealkylation sites (N-methyl/N-ethyl adjacent to an activating group) is 1. The molecular formula is C20H27FN2O2. The van der Waals surface area contributed by atoms with Crippen molar-refractivity contribution < 1.29 is 14.0 Å². The lowest BCUT2D eigenvalue weighted by atomic mass is 9.79. The fraction of sp³-hybridized carbons (Fsp3) is 0.600. The average molecular weight is 346 g/mol. The van der Waals surface area contributed by atoms with Crippen molar-refractivity contribution in [3.63, 3.8) is 0 Å². The van der Waals surface area contributed by atoms with Crippen LogP contribution < -0.4 is 0 Å². The largest absolute Gasteiger partial charge is 0.335 e. The monoisotopic (exact) mass is 346 g/mol. The smallest absolute Gasteiger partial charge is 0.254 e. The van der Waals surface area contributed by atoms with E-state index in [0.29, 0.717) is 18.7 Å². The van der Waals surface area contributed by atoms with Crippen molar-refractivity contribution in [1.29, 1.82) is 0 Å². The fourth-order valence-electron chi connectivity index (χ4n) is 4.70. The summed E-state index contributed by atoms with van der Waals surface area (Å²) in [4.78, 5) is 29.0. The molecule has 1 saturated heterocycles. The molecule has 1 saturated carbocycles. The predicted octanol–water partition coefficient (Wildman–Crippen LogP) is 3.61. The highest BCUT2D eigenvalue weighted by molar-refractivity contribution is 5.94. The van der Waals surface area contributed by atoms with Gasteiger partial charge in [-0.3, -0.25) is 9.59 Å². The van der Waals surface area contributed by atoms with Gasteiger partial charge in [-0.15, -0.1) is 0 Å². The van der Waals surface area contributed by atoms with Gasteiger partial charge in [-0.2, -0.15) is 0 Å². The molecule has 5 heteroatoms. The second kappa shape index (κ2) is 7.14. The second-order valence-electron chi connectivity index (χ2n) is 7.37. The van der Waals surface area contributed by atoms with E-state index in [1.807, 2.05) is 16.7 Å². The number of rotatable bonds is 3. The van der Waals surface area contributed by atoms with Gasteiger partial charge in [-0.05, 0) is 50.5 Å². The highest BCUT2D eigenvalue weighted by Crippen LogP contribution is 2.43. The van der Waals surface area contributed by atoms with Crippen LogP contribution in [-0.4, -0.2) is 46.3 Å². The molecule has 2 aliphatic rings. The van der Waals surface area contributed by atoms with Crippen molar-refractivity contribution in [1.82, 2.24) is 9.80 Å². The molecule has 1 aromatic carbocycles. The normalized spacial score (nSPS) is 22.2. The molecule has 0 unspecified atom stereocenters. The molecule has 136 valence electrons. The Balaban J connectivity index is 1.82. The summed E-state index contributed by atoms with van der Waals surface area (Å²) < 4.78 is 13.1. The predicted molar refractivity (Wildman–Crippen MR) is 94.7 cm³/mol. The van der Waals surface area contributed by atoms with E-state index in [1.54, 1.807) is 6.92 Å². The van der Waals surface area contributed by atoms with Crippen LogP contribution in [0.25, 0.3) is 0 Å². The number of halogens is 1. The first-order valence-electron chi connectivity index (χ1n) is 9.31. The van der Waals surface area contributed by atoms with Crippen molar-refractivity contribution in [3.8, 4) is 0 Å². The standard InChI is InChI=1S/C20H27FN2O2/c1-3-22(19(25)16-7-9-17(21)10-8-16)18-13-20(11-5-4-6-12-20)23(14-18)15(2)24/h7-10,18H,3-6,11-14H2,1-2H3/t18-/m1/s1. The molecule has 0 bridgehead atoms. The van der Waals surface area contributed by atoms with Crippen LogP contribution in [0.4, 0.5) is 4.39 Å². The summed E-state index contributed by atoms with van der Waals surface area (Å²) in [6.45, 7) is 4.79. The number of nitrogens with zero attached hydrogens (tertiary/aromatic N) is 2. The zero-order chi connectivity index (χ0) is 18.0. The lowest BCUT2D eigenvalue weighted by Crippen LogP contribution is -2.47. The van der Waals surface area contributed by atoms with E-state index >= 15 is 0 Å². The SMILES string of the molecule is CCN(C(=O)c1ccc(F)cc1)[C@H]1CN(C(C)=O)C2(CCCCC2)C1. The average Bonchev–Trinajstić information content (AvgIpc) is 2.95. The summed E-state index contributed by atoms with van der Waals surface area (Å²) in [6, 6.07) is 5.74. The van der Waals surface area contributed by atoms with E-state index in [0.717, 1.165) is 32.1 Å². The summed E-state index contributed by atoms with van der Waals surface area (Å²) in [7, 11) is 0. The molecule has 0 N–H and O–H groups in total. The Morgan fingerprint density at radius 3 is 2.40 bits per heavy atom. The molecule has 0 aromatic heterocycles. The Kier molecular flexibility index (Phi) is 5.11. The Labute approximate surface area is 149 Å². The first kappa shape index (κ1) is 17.9. The Hall–Kier alpha value is -1.91. The molecule has 2 amide bonds. The number of carbonyl (C=O) groups excluding carboxylic acids is 2. The van der Waals surface area contributed by atoms with Crippen molar-refractivity contribution in [3.05, 3.63) is 35.6 Å². The van der Waals surface area contributed by atoms with Crippen LogP contribution in [0.1, 0.15) is 62.7 Å². The highest BCUT2D eigenvalue weighted by Gasteiger charge is 2.49. The van der Waals surface area contributed by atoms with Gasteiger partial charge in [0.2, 0.25) is 5.91 Å². The summed E-state index contributed by atoms with van der Waals surface area (Å²) in [6.07, 6.45) is 6.44. The number of hydrogen-bond donors (Lipinski definition) is 0. The minimum Gasteiger partial charge on any atom is -0.335 e. The Bertz CT molecular complexity index is 638. The highest BCUT2D eigenvalue weighted by atomic mass is 19.1. The quantitative estimate of drug-likeness (QED) is 0.839. The van der Waals surface area contributed by atoms with Crippen LogP contribution in [0, 0.1) is 5.82 Å². The molecule has 1 aliphatic heterocycles. The van der Waals surface area contributed by atoms with Crippen LogP contribution in [-0.2, 0) is 4.79 Å². The summed E-state index contributed by atoms with van der Waals surface area (Å²) in [5.41, 5.74) is 0.424. The lowest BCUT2D eigenvalue weighted by Gasteiger charge is -2.41. The third kappa shape index (κ3) is 3.42. The third-order valence-corrected chi connectivity index (χ3v) is 5.88. The number of amides is 2. The molecule has 25 heavy (non-hydrogen) atoms. The second-order valence-corrected chi connectivity index (χ2v) is 7.37. The Morgan fingerprint density at radius 1 is 1.20 bits per heavy atom. The maximum Gasteiger partial charge on any atom is 0.254 e. The summed E-state index contributed by atoms with van der Waals surface area (Å²) in [5, 5.41) is 0.